The van der Waals surface area contributed by atoms with E-state index < -0.39 is 4.92 Å². The first-order chi connectivity index (χ1) is 9.06. The lowest BCUT2D eigenvalue weighted by atomic mass is 10.2. The maximum Gasteiger partial charge on any atom is 0.290 e. The van der Waals surface area contributed by atoms with Crippen LogP contribution >= 0.6 is 0 Å². The van der Waals surface area contributed by atoms with Gasteiger partial charge in [-0.2, -0.15) is 0 Å². The summed E-state index contributed by atoms with van der Waals surface area (Å²) in [5.41, 5.74) is 1.20. The fraction of sp³-hybridized carbons (Fsp3) is 0.0769. The maximum absolute atomic E-state index is 11.9. The van der Waals surface area contributed by atoms with Crippen LogP contribution in [0, 0.1) is 17.0 Å². The van der Waals surface area contributed by atoms with E-state index in [-0.39, 0.29) is 11.4 Å². The van der Waals surface area contributed by atoms with Crippen molar-refractivity contribution in [3.8, 4) is 0 Å². The molecule has 0 radical (unpaired) electrons. The third-order valence-electron chi connectivity index (χ3n) is 2.51. The van der Waals surface area contributed by atoms with Gasteiger partial charge < -0.3 is 5.11 Å². The molecule has 0 N–H and O–H groups in total. The Balaban J connectivity index is 2.25. The molecule has 1 aromatic carbocycles. The van der Waals surface area contributed by atoms with E-state index in [2.05, 4.69) is 4.98 Å². The molecule has 0 spiro atoms. The Labute approximate surface area is 109 Å². The van der Waals surface area contributed by atoms with Crippen LogP contribution in [0.4, 0.5) is 5.69 Å². The van der Waals surface area contributed by atoms with E-state index in [1.54, 1.807) is 12.3 Å². The first-order valence-corrected chi connectivity index (χ1v) is 5.53. The van der Waals surface area contributed by atoms with Crippen molar-refractivity contribution >= 4 is 17.6 Å². The minimum Gasteiger partial charge on any atom is -0.870 e. The monoisotopic (exact) mass is 257 g/mol. The number of hydrogen-bond donors (Lipinski definition) is 0. The van der Waals surface area contributed by atoms with E-state index in [0.29, 0.717) is 5.56 Å². The molecule has 19 heavy (non-hydrogen) atoms. The summed E-state index contributed by atoms with van der Waals surface area (Å²) in [6.45, 7) is 1.85. The molecule has 0 aliphatic rings. The number of aryl methyl sites for hydroxylation is 1. The van der Waals surface area contributed by atoms with Crippen LogP contribution < -0.4 is 9.67 Å². The van der Waals surface area contributed by atoms with Crippen LogP contribution in [0.1, 0.15) is 11.3 Å². The average molecular weight is 257 g/mol. The van der Waals surface area contributed by atoms with Crippen molar-refractivity contribution in [3.63, 3.8) is 0 Å². The zero-order valence-corrected chi connectivity index (χ0v) is 10.2. The van der Waals surface area contributed by atoms with E-state index >= 15 is 0 Å². The predicted molar refractivity (Wildman–Crippen MR) is 66.4 cm³/mol. The van der Waals surface area contributed by atoms with Crippen LogP contribution in [0.5, 0.6) is 0 Å². The van der Waals surface area contributed by atoms with Gasteiger partial charge in [-0.3, -0.25) is 10.1 Å². The lowest BCUT2D eigenvalue weighted by molar-refractivity contribution is -0.573. The van der Waals surface area contributed by atoms with Crippen LogP contribution in [0.3, 0.4) is 0 Å². The number of rotatable bonds is 3. The summed E-state index contributed by atoms with van der Waals surface area (Å²) in [6.07, 6.45) is 4.61. The van der Waals surface area contributed by atoms with E-state index in [1.165, 1.54) is 41.4 Å². The van der Waals surface area contributed by atoms with Gasteiger partial charge in [-0.15, -0.1) is 0 Å². The van der Waals surface area contributed by atoms with Crippen molar-refractivity contribution in [1.29, 1.82) is 0 Å². The SMILES string of the molecule is Cc1cc[n+](/C=C(/[O-])c2ccc([N+](=O)[O-])cc2)cn1. The number of nitrogens with zero attached hydrogens (tertiary/aromatic N) is 3. The standard InChI is InChI=1S/C13H11N3O3/c1-10-6-7-15(9-14-10)8-13(17)11-2-4-12(5-3-11)16(18)19/h2-9H,1H3/b13-8+. The van der Waals surface area contributed by atoms with Crippen LogP contribution in [0.15, 0.2) is 42.9 Å². The molecule has 0 saturated heterocycles. The van der Waals surface area contributed by atoms with Crippen molar-refractivity contribution < 1.29 is 14.6 Å². The molecule has 1 heterocycles. The number of nitro groups is 1. The largest absolute Gasteiger partial charge is 0.870 e. The third-order valence-corrected chi connectivity index (χ3v) is 2.51. The molecule has 0 unspecified atom stereocenters. The highest BCUT2D eigenvalue weighted by molar-refractivity contribution is 5.65. The van der Waals surface area contributed by atoms with Gasteiger partial charge >= 0.3 is 0 Å². The lowest BCUT2D eigenvalue weighted by Gasteiger charge is -2.09. The molecule has 0 aliphatic heterocycles. The number of benzene rings is 1. The number of nitro benzene ring substituents is 1. The first-order valence-electron chi connectivity index (χ1n) is 5.53. The van der Waals surface area contributed by atoms with Gasteiger partial charge in [0.2, 0.25) is 0 Å². The van der Waals surface area contributed by atoms with Crippen molar-refractivity contribution in [1.82, 2.24) is 4.98 Å². The van der Waals surface area contributed by atoms with Gasteiger partial charge in [0.25, 0.3) is 12.0 Å². The molecular weight excluding hydrogens is 246 g/mol. The highest BCUT2D eigenvalue weighted by atomic mass is 16.6. The summed E-state index contributed by atoms with van der Waals surface area (Å²) < 4.78 is 1.54. The second-order valence-electron chi connectivity index (χ2n) is 3.95. The average Bonchev–Trinajstić information content (AvgIpc) is 2.41. The molecule has 0 amide bonds. The Morgan fingerprint density at radius 1 is 1.32 bits per heavy atom. The highest BCUT2D eigenvalue weighted by Crippen LogP contribution is 2.15. The Kier molecular flexibility index (Phi) is 3.51. The molecule has 0 fully saturated rings. The van der Waals surface area contributed by atoms with Crippen LogP contribution in [0.2, 0.25) is 0 Å². The Morgan fingerprint density at radius 2 is 2.00 bits per heavy atom. The highest BCUT2D eigenvalue weighted by Gasteiger charge is 2.03. The zero-order valence-electron chi connectivity index (χ0n) is 10.2. The maximum atomic E-state index is 11.9. The normalized spacial score (nSPS) is 11.3. The molecule has 1 aromatic heterocycles. The topological polar surface area (TPSA) is 83.0 Å². The summed E-state index contributed by atoms with van der Waals surface area (Å²) >= 11 is 0. The van der Waals surface area contributed by atoms with Gasteiger partial charge in [-0.05, 0) is 17.7 Å². The van der Waals surface area contributed by atoms with E-state index in [9.17, 15) is 15.2 Å². The Hall–Kier alpha value is -2.76. The minimum atomic E-state index is -0.503. The van der Waals surface area contributed by atoms with E-state index in [4.69, 9.17) is 0 Å². The van der Waals surface area contributed by atoms with Gasteiger partial charge in [0.15, 0.2) is 5.69 Å². The molecule has 0 bridgehead atoms. The smallest absolute Gasteiger partial charge is 0.290 e. The van der Waals surface area contributed by atoms with Crippen molar-refractivity contribution in [2.45, 2.75) is 6.92 Å². The number of hydrogen-bond acceptors (Lipinski definition) is 4. The van der Waals surface area contributed by atoms with Gasteiger partial charge in [-0.25, -0.2) is 4.57 Å². The minimum absolute atomic E-state index is 0.0406. The van der Waals surface area contributed by atoms with Gasteiger partial charge in [0.05, 0.1) is 17.3 Å². The Morgan fingerprint density at radius 3 is 2.53 bits per heavy atom. The fourth-order valence-electron chi connectivity index (χ4n) is 1.47. The molecule has 96 valence electrons. The van der Waals surface area contributed by atoms with Gasteiger partial charge in [-0.1, -0.05) is 10.7 Å². The summed E-state index contributed by atoms with van der Waals surface area (Å²) in [5, 5.41) is 22.4. The summed E-state index contributed by atoms with van der Waals surface area (Å²) in [5.74, 6) is -0.245. The zero-order chi connectivity index (χ0) is 13.8. The van der Waals surface area contributed by atoms with E-state index in [1.807, 2.05) is 6.92 Å². The second-order valence-corrected chi connectivity index (χ2v) is 3.95. The molecule has 6 nitrogen and oxygen atoms in total. The van der Waals surface area contributed by atoms with Gasteiger partial charge in [0, 0.05) is 25.1 Å². The summed E-state index contributed by atoms with van der Waals surface area (Å²) in [4.78, 5) is 14.1. The van der Waals surface area contributed by atoms with E-state index in [0.717, 1.165) is 5.69 Å². The van der Waals surface area contributed by atoms with Crippen LogP contribution in [-0.2, 0) is 0 Å². The van der Waals surface area contributed by atoms with Gasteiger partial charge in [0.1, 0.15) is 0 Å². The lowest BCUT2D eigenvalue weighted by Crippen LogP contribution is -2.27. The van der Waals surface area contributed by atoms with Crippen LogP contribution in [-0.4, -0.2) is 9.91 Å². The molecule has 2 rings (SSSR count). The van der Waals surface area contributed by atoms with Crippen molar-refractivity contribution in [2.24, 2.45) is 0 Å². The predicted octanol–water partition coefficient (Wildman–Crippen LogP) is 0.902. The molecule has 0 aliphatic carbocycles. The molecule has 2 aromatic rings. The molecule has 0 saturated carbocycles. The summed E-state index contributed by atoms with van der Waals surface area (Å²) in [6, 6.07) is 7.25. The third kappa shape index (κ3) is 3.12. The van der Waals surface area contributed by atoms with Crippen molar-refractivity contribution in [3.05, 3.63) is 64.2 Å². The Bertz CT molecular complexity index is 619. The molecular formula is C13H11N3O3. The fourth-order valence-corrected chi connectivity index (χ4v) is 1.47. The molecule has 6 heteroatoms. The number of non-ortho nitro benzene ring substituents is 1. The quantitative estimate of drug-likeness (QED) is 0.354. The molecule has 0 atom stereocenters. The summed E-state index contributed by atoms with van der Waals surface area (Å²) in [7, 11) is 0. The van der Waals surface area contributed by atoms with Crippen molar-refractivity contribution in [2.75, 3.05) is 0 Å². The first kappa shape index (κ1) is 12.7. The second kappa shape index (κ2) is 5.26. The van der Waals surface area contributed by atoms with Crippen LogP contribution in [0.25, 0.3) is 12.0 Å². The number of aromatic nitrogens is 2.